The fourth-order valence-electron chi connectivity index (χ4n) is 3.69. The van der Waals surface area contributed by atoms with Gasteiger partial charge in [0.15, 0.2) is 0 Å². The zero-order chi connectivity index (χ0) is 24.1. The minimum absolute atomic E-state index is 0.0633. The summed E-state index contributed by atoms with van der Waals surface area (Å²) in [6.45, 7) is 5.81. The van der Waals surface area contributed by atoms with Crippen molar-refractivity contribution in [2.75, 3.05) is 6.61 Å². The summed E-state index contributed by atoms with van der Waals surface area (Å²) in [5.74, 6) is -0.263. The van der Waals surface area contributed by atoms with Gasteiger partial charge in [-0.15, -0.1) is 0 Å². The van der Waals surface area contributed by atoms with Crippen LogP contribution >= 0.6 is 0 Å². The van der Waals surface area contributed by atoms with E-state index in [-0.39, 0.29) is 6.61 Å². The van der Waals surface area contributed by atoms with Gasteiger partial charge in [-0.25, -0.2) is 9.59 Å². The molecule has 0 aliphatic carbocycles. The molecule has 34 heavy (non-hydrogen) atoms. The predicted octanol–water partition coefficient (Wildman–Crippen LogP) is 5.19. The normalized spacial score (nSPS) is 19.4. The Kier molecular flexibility index (Phi) is 7.28. The quantitative estimate of drug-likeness (QED) is 0.452. The van der Waals surface area contributed by atoms with E-state index in [4.69, 9.17) is 18.9 Å². The van der Waals surface area contributed by atoms with Gasteiger partial charge in [-0.05, 0) is 62.7 Å². The maximum absolute atomic E-state index is 12.7. The van der Waals surface area contributed by atoms with E-state index in [0.717, 1.165) is 16.7 Å². The number of esters is 2. The maximum Gasteiger partial charge on any atom is 0.338 e. The van der Waals surface area contributed by atoms with Crippen LogP contribution in [-0.4, -0.2) is 37.0 Å². The highest BCUT2D eigenvalue weighted by Gasteiger charge is 2.40. The van der Waals surface area contributed by atoms with Gasteiger partial charge in [-0.2, -0.15) is 0 Å². The van der Waals surface area contributed by atoms with Crippen LogP contribution in [0.3, 0.4) is 0 Å². The summed E-state index contributed by atoms with van der Waals surface area (Å²) in [6, 6.07) is 21.9. The second-order valence-electron chi connectivity index (χ2n) is 8.55. The van der Waals surface area contributed by atoms with Gasteiger partial charge in [0.25, 0.3) is 0 Å². The zero-order valence-corrected chi connectivity index (χ0v) is 19.5. The Labute approximate surface area is 199 Å². The van der Waals surface area contributed by atoms with Gasteiger partial charge in [0.1, 0.15) is 24.6 Å². The monoisotopic (exact) mass is 460 g/mol. The summed E-state index contributed by atoms with van der Waals surface area (Å²) in [4.78, 5) is 25.2. The van der Waals surface area contributed by atoms with Crippen LogP contribution in [0.4, 0.5) is 0 Å². The summed E-state index contributed by atoms with van der Waals surface area (Å²) >= 11 is 0. The van der Waals surface area contributed by atoms with Crippen LogP contribution in [-0.2, 0) is 14.2 Å². The first-order chi connectivity index (χ1) is 16.4. The second kappa shape index (κ2) is 10.5. The maximum atomic E-state index is 12.7. The molecule has 0 saturated carbocycles. The van der Waals surface area contributed by atoms with E-state index in [2.05, 4.69) is 0 Å². The SMILES string of the molecule is Cc1ccc(C(=O)OC[C@H]2O[C@@H](Oc3cccc(C)c3)C[C@@H]2OC(=O)c2ccc(C)cc2)cc1. The van der Waals surface area contributed by atoms with Crippen molar-refractivity contribution in [2.24, 2.45) is 0 Å². The van der Waals surface area contributed by atoms with E-state index < -0.39 is 30.4 Å². The number of carbonyl (C=O) groups is 2. The van der Waals surface area contributed by atoms with Gasteiger partial charge < -0.3 is 18.9 Å². The third kappa shape index (κ3) is 6.02. The van der Waals surface area contributed by atoms with Crippen LogP contribution in [0.5, 0.6) is 5.75 Å². The van der Waals surface area contributed by atoms with E-state index in [1.54, 1.807) is 24.3 Å². The highest BCUT2D eigenvalue weighted by molar-refractivity contribution is 5.90. The van der Waals surface area contributed by atoms with Crippen LogP contribution in [0.2, 0.25) is 0 Å². The summed E-state index contributed by atoms with van der Waals surface area (Å²) in [6.07, 6.45) is -1.60. The Morgan fingerprint density at radius 1 is 0.824 bits per heavy atom. The Hall–Kier alpha value is -3.64. The Morgan fingerprint density at radius 2 is 1.44 bits per heavy atom. The molecule has 6 heteroatoms. The van der Waals surface area contributed by atoms with Crippen molar-refractivity contribution in [1.82, 2.24) is 0 Å². The third-order valence-corrected chi connectivity index (χ3v) is 5.63. The molecule has 0 amide bonds. The van der Waals surface area contributed by atoms with Crippen LogP contribution in [0.1, 0.15) is 43.8 Å². The molecular weight excluding hydrogens is 432 g/mol. The van der Waals surface area contributed by atoms with Crippen LogP contribution in [0.15, 0.2) is 72.8 Å². The molecule has 3 aromatic rings. The van der Waals surface area contributed by atoms with E-state index in [0.29, 0.717) is 23.3 Å². The first-order valence-electron chi connectivity index (χ1n) is 11.3. The standard InChI is InChI=1S/C28H28O6/c1-18-7-11-21(12-8-18)27(29)31-17-25-24(34-28(30)22-13-9-19(2)10-14-22)16-26(33-25)32-23-6-4-5-20(3)15-23/h4-15,24-26H,16-17H2,1-3H3/t24-,25+,26+/m0/s1. The van der Waals surface area contributed by atoms with Gasteiger partial charge in [0.2, 0.25) is 6.29 Å². The van der Waals surface area contributed by atoms with Crippen molar-refractivity contribution in [3.63, 3.8) is 0 Å². The number of benzene rings is 3. The van der Waals surface area contributed by atoms with E-state index in [9.17, 15) is 9.59 Å². The lowest BCUT2D eigenvalue weighted by Crippen LogP contribution is -2.32. The average molecular weight is 461 g/mol. The second-order valence-corrected chi connectivity index (χ2v) is 8.55. The highest BCUT2D eigenvalue weighted by Crippen LogP contribution is 2.28. The summed E-state index contributed by atoms with van der Waals surface area (Å²) in [5.41, 5.74) is 4.05. The number of carbonyl (C=O) groups excluding carboxylic acids is 2. The lowest BCUT2D eigenvalue weighted by molar-refractivity contribution is -0.0969. The largest absolute Gasteiger partial charge is 0.465 e. The molecule has 6 nitrogen and oxygen atoms in total. The molecule has 1 fully saturated rings. The van der Waals surface area contributed by atoms with Crippen molar-refractivity contribution >= 4 is 11.9 Å². The smallest absolute Gasteiger partial charge is 0.338 e. The molecule has 0 unspecified atom stereocenters. The lowest BCUT2D eigenvalue weighted by atomic mass is 10.1. The molecule has 4 rings (SSSR count). The molecule has 3 atom stereocenters. The number of hydrogen-bond acceptors (Lipinski definition) is 6. The number of rotatable bonds is 7. The predicted molar refractivity (Wildman–Crippen MR) is 127 cm³/mol. The van der Waals surface area contributed by atoms with Gasteiger partial charge in [-0.3, -0.25) is 0 Å². The van der Waals surface area contributed by atoms with Gasteiger partial charge in [0, 0.05) is 6.42 Å². The molecule has 0 bridgehead atoms. The van der Waals surface area contributed by atoms with Crippen molar-refractivity contribution in [2.45, 2.75) is 45.7 Å². The molecule has 1 heterocycles. The lowest BCUT2D eigenvalue weighted by Gasteiger charge is -2.19. The highest BCUT2D eigenvalue weighted by atomic mass is 16.7. The van der Waals surface area contributed by atoms with Crippen LogP contribution in [0.25, 0.3) is 0 Å². The fourth-order valence-corrected chi connectivity index (χ4v) is 3.69. The zero-order valence-electron chi connectivity index (χ0n) is 19.5. The van der Waals surface area contributed by atoms with Crippen molar-refractivity contribution in [3.05, 3.63) is 101 Å². The minimum atomic E-state index is -0.654. The van der Waals surface area contributed by atoms with E-state index in [1.807, 2.05) is 69.3 Å². The number of ether oxygens (including phenoxy) is 4. The topological polar surface area (TPSA) is 71.1 Å². The molecule has 0 spiro atoms. The van der Waals surface area contributed by atoms with Crippen molar-refractivity contribution in [1.29, 1.82) is 0 Å². The van der Waals surface area contributed by atoms with Crippen molar-refractivity contribution in [3.8, 4) is 5.75 Å². The third-order valence-electron chi connectivity index (χ3n) is 5.63. The van der Waals surface area contributed by atoms with E-state index >= 15 is 0 Å². The molecule has 0 aromatic heterocycles. The van der Waals surface area contributed by atoms with E-state index in [1.165, 1.54) is 0 Å². The molecule has 3 aromatic carbocycles. The first kappa shape index (κ1) is 23.5. The summed E-state index contributed by atoms with van der Waals surface area (Å²) in [7, 11) is 0. The molecule has 176 valence electrons. The number of hydrogen-bond donors (Lipinski definition) is 0. The molecule has 1 saturated heterocycles. The molecule has 0 radical (unpaired) electrons. The fraction of sp³-hybridized carbons (Fsp3) is 0.286. The molecule has 1 aliphatic rings. The van der Waals surface area contributed by atoms with Crippen molar-refractivity contribution < 1.29 is 28.5 Å². The van der Waals surface area contributed by atoms with Crippen LogP contribution in [0, 0.1) is 20.8 Å². The molecule has 0 N–H and O–H groups in total. The van der Waals surface area contributed by atoms with Gasteiger partial charge in [-0.1, -0.05) is 47.5 Å². The average Bonchev–Trinajstić information content (AvgIpc) is 3.19. The molecule has 1 aliphatic heterocycles. The Bertz CT molecular complexity index is 1140. The summed E-state index contributed by atoms with van der Waals surface area (Å²) < 4.78 is 23.2. The molecular formula is C28H28O6. The van der Waals surface area contributed by atoms with Gasteiger partial charge in [0.05, 0.1) is 11.1 Å². The Balaban J connectivity index is 1.44. The van der Waals surface area contributed by atoms with Gasteiger partial charge >= 0.3 is 11.9 Å². The minimum Gasteiger partial charge on any atom is -0.465 e. The summed E-state index contributed by atoms with van der Waals surface area (Å²) in [5, 5.41) is 0. The number of aryl methyl sites for hydroxylation is 3. The first-order valence-corrected chi connectivity index (χ1v) is 11.3. The van der Waals surface area contributed by atoms with Crippen LogP contribution < -0.4 is 4.74 Å². The Morgan fingerprint density at radius 3 is 2.06 bits per heavy atom.